The number of ether oxygens (including phenoxy) is 2. The number of para-hydroxylation sites is 3. The maximum atomic E-state index is 14.0. The van der Waals surface area contributed by atoms with Crippen molar-refractivity contribution >= 4 is 22.6 Å². The molecule has 4 rings (SSSR count). The highest BCUT2D eigenvalue weighted by molar-refractivity contribution is 5.89. The van der Waals surface area contributed by atoms with Crippen LogP contribution in [0.15, 0.2) is 77.6 Å². The maximum Gasteiger partial charge on any atom is 0.322 e. The average molecular weight is 543 g/mol. The summed E-state index contributed by atoms with van der Waals surface area (Å²) < 4.78 is 12.5. The van der Waals surface area contributed by atoms with Crippen molar-refractivity contribution in [1.29, 1.82) is 0 Å². The van der Waals surface area contributed by atoms with Gasteiger partial charge in [0.15, 0.2) is 0 Å². The van der Waals surface area contributed by atoms with E-state index < -0.39 is 6.04 Å². The SMILES string of the molecule is CCCCCCN(C(=O)Nc1ccc(OC)cc1)C(CC)c1nc2ccccc2c(=O)n1-c1ccccc1OC. The van der Waals surface area contributed by atoms with Gasteiger partial charge in [-0.1, -0.05) is 57.4 Å². The Morgan fingerprint density at radius 2 is 1.65 bits per heavy atom. The van der Waals surface area contributed by atoms with E-state index in [0.29, 0.717) is 52.6 Å². The summed E-state index contributed by atoms with van der Waals surface area (Å²) in [7, 11) is 3.19. The van der Waals surface area contributed by atoms with Gasteiger partial charge in [-0.05, 0) is 61.4 Å². The van der Waals surface area contributed by atoms with Gasteiger partial charge >= 0.3 is 6.03 Å². The molecule has 0 saturated heterocycles. The Hall–Kier alpha value is -4.33. The number of unbranched alkanes of at least 4 members (excludes halogenated alkanes) is 3. The monoisotopic (exact) mass is 542 g/mol. The molecule has 0 saturated carbocycles. The summed E-state index contributed by atoms with van der Waals surface area (Å²) in [5.41, 5.74) is 1.63. The highest BCUT2D eigenvalue weighted by atomic mass is 16.5. The minimum atomic E-state index is -0.470. The number of urea groups is 1. The normalized spacial score (nSPS) is 11.7. The lowest BCUT2D eigenvalue weighted by molar-refractivity contribution is 0.179. The highest BCUT2D eigenvalue weighted by Gasteiger charge is 2.29. The molecule has 210 valence electrons. The predicted octanol–water partition coefficient (Wildman–Crippen LogP) is 6.97. The van der Waals surface area contributed by atoms with Gasteiger partial charge in [-0.15, -0.1) is 0 Å². The van der Waals surface area contributed by atoms with Crippen molar-refractivity contribution in [3.8, 4) is 17.2 Å². The zero-order valence-corrected chi connectivity index (χ0v) is 23.7. The van der Waals surface area contributed by atoms with E-state index in [9.17, 15) is 9.59 Å². The first kappa shape index (κ1) is 28.7. The zero-order valence-electron chi connectivity index (χ0n) is 23.7. The van der Waals surface area contributed by atoms with Gasteiger partial charge < -0.3 is 19.7 Å². The van der Waals surface area contributed by atoms with Crippen LogP contribution in [0.5, 0.6) is 11.5 Å². The number of fused-ring (bicyclic) bond motifs is 1. The topological polar surface area (TPSA) is 85.7 Å². The molecular weight excluding hydrogens is 504 g/mol. The van der Waals surface area contributed by atoms with Crippen LogP contribution in [-0.2, 0) is 0 Å². The van der Waals surface area contributed by atoms with Crippen molar-refractivity contribution in [1.82, 2.24) is 14.5 Å². The lowest BCUT2D eigenvalue weighted by atomic mass is 10.1. The van der Waals surface area contributed by atoms with Gasteiger partial charge in [0.2, 0.25) is 0 Å². The van der Waals surface area contributed by atoms with E-state index in [0.717, 1.165) is 25.7 Å². The standard InChI is InChI=1S/C32H38N4O4/c1-5-7-8-13-22-35(32(38)33-23-18-20-24(39-3)21-19-23)27(6-2)30-34-26-15-10-9-14-25(26)31(37)36(30)28-16-11-12-17-29(28)40-4/h9-12,14-21,27H,5-8,13,22H2,1-4H3,(H,33,38). The molecule has 40 heavy (non-hydrogen) atoms. The third kappa shape index (κ3) is 6.28. The zero-order chi connectivity index (χ0) is 28.5. The second-order valence-corrected chi connectivity index (χ2v) is 9.64. The summed E-state index contributed by atoms with van der Waals surface area (Å²) in [5, 5.41) is 3.55. The molecule has 8 heteroatoms. The van der Waals surface area contributed by atoms with Crippen molar-refractivity contribution < 1.29 is 14.3 Å². The van der Waals surface area contributed by atoms with Crippen LogP contribution in [0.4, 0.5) is 10.5 Å². The fourth-order valence-electron chi connectivity index (χ4n) is 4.94. The van der Waals surface area contributed by atoms with Crippen LogP contribution in [-0.4, -0.2) is 41.2 Å². The molecule has 1 unspecified atom stereocenters. The smallest absolute Gasteiger partial charge is 0.322 e. The van der Waals surface area contributed by atoms with Crippen molar-refractivity contribution in [3.05, 3.63) is 89.0 Å². The number of carbonyl (C=O) groups excluding carboxylic acids is 1. The van der Waals surface area contributed by atoms with E-state index in [-0.39, 0.29) is 11.6 Å². The quantitative estimate of drug-likeness (QED) is 0.195. The van der Waals surface area contributed by atoms with E-state index in [1.165, 1.54) is 0 Å². The van der Waals surface area contributed by atoms with Gasteiger partial charge in [0, 0.05) is 12.2 Å². The number of nitrogens with zero attached hydrogens (tertiary/aromatic N) is 3. The Bertz CT molecular complexity index is 1480. The Kier molecular flexibility index (Phi) is 9.78. The fraction of sp³-hybridized carbons (Fsp3) is 0.344. The molecule has 1 heterocycles. The van der Waals surface area contributed by atoms with E-state index in [1.54, 1.807) is 24.9 Å². The van der Waals surface area contributed by atoms with E-state index in [4.69, 9.17) is 14.5 Å². The highest BCUT2D eigenvalue weighted by Crippen LogP contribution is 2.30. The number of hydrogen-bond acceptors (Lipinski definition) is 5. The number of methoxy groups -OCH3 is 2. The molecule has 1 atom stereocenters. The number of anilines is 1. The summed E-state index contributed by atoms with van der Waals surface area (Å²) in [4.78, 5) is 34.7. The van der Waals surface area contributed by atoms with E-state index in [1.807, 2.05) is 78.6 Å². The second kappa shape index (κ2) is 13.6. The number of hydrogen-bond donors (Lipinski definition) is 1. The van der Waals surface area contributed by atoms with Crippen molar-refractivity contribution in [2.75, 3.05) is 26.1 Å². The van der Waals surface area contributed by atoms with E-state index >= 15 is 0 Å². The molecule has 0 radical (unpaired) electrons. The summed E-state index contributed by atoms with van der Waals surface area (Å²) >= 11 is 0. The summed E-state index contributed by atoms with van der Waals surface area (Å²) in [6, 6.07) is 21.2. The number of benzene rings is 3. The van der Waals surface area contributed by atoms with Crippen LogP contribution in [0.2, 0.25) is 0 Å². The van der Waals surface area contributed by atoms with Gasteiger partial charge in [0.05, 0.1) is 36.9 Å². The molecular formula is C32H38N4O4. The number of aromatic nitrogens is 2. The first-order valence-corrected chi connectivity index (χ1v) is 13.9. The molecule has 0 aliphatic rings. The average Bonchev–Trinajstić information content (AvgIpc) is 2.99. The molecule has 0 spiro atoms. The number of amides is 2. The molecule has 1 aromatic heterocycles. The summed E-state index contributed by atoms with van der Waals surface area (Å²) in [6.07, 6.45) is 4.58. The second-order valence-electron chi connectivity index (χ2n) is 9.64. The first-order chi connectivity index (χ1) is 19.5. The van der Waals surface area contributed by atoms with Gasteiger partial charge in [-0.25, -0.2) is 9.78 Å². The number of rotatable bonds is 12. The van der Waals surface area contributed by atoms with Crippen LogP contribution in [0.3, 0.4) is 0 Å². The summed E-state index contributed by atoms with van der Waals surface area (Å²) in [6.45, 7) is 4.70. The number of nitrogens with one attached hydrogen (secondary N) is 1. The lowest BCUT2D eigenvalue weighted by Gasteiger charge is -2.32. The molecule has 2 amide bonds. The van der Waals surface area contributed by atoms with Gasteiger partial charge in [-0.3, -0.25) is 9.36 Å². The number of carbonyl (C=O) groups is 1. The minimum Gasteiger partial charge on any atom is -0.497 e. The minimum absolute atomic E-state index is 0.204. The third-order valence-corrected chi connectivity index (χ3v) is 7.04. The van der Waals surface area contributed by atoms with Crippen molar-refractivity contribution in [3.63, 3.8) is 0 Å². The fourth-order valence-corrected chi connectivity index (χ4v) is 4.94. The molecule has 0 aliphatic heterocycles. The van der Waals surface area contributed by atoms with Gasteiger partial charge in [-0.2, -0.15) is 0 Å². The maximum absolute atomic E-state index is 14.0. The van der Waals surface area contributed by atoms with Crippen molar-refractivity contribution in [2.24, 2.45) is 0 Å². The van der Waals surface area contributed by atoms with Crippen LogP contribution in [0, 0.1) is 0 Å². The lowest BCUT2D eigenvalue weighted by Crippen LogP contribution is -2.41. The third-order valence-electron chi connectivity index (χ3n) is 7.04. The molecule has 3 aromatic carbocycles. The molecule has 1 N–H and O–H groups in total. The predicted molar refractivity (Wildman–Crippen MR) is 160 cm³/mol. The largest absolute Gasteiger partial charge is 0.497 e. The Morgan fingerprint density at radius 3 is 2.35 bits per heavy atom. The van der Waals surface area contributed by atoms with Gasteiger partial charge in [0.25, 0.3) is 5.56 Å². The van der Waals surface area contributed by atoms with Crippen LogP contribution >= 0.6 is 0 Å². The van der Waals surface area contributed by atoms with Crippen LogP contribution in [0.25, 0.3) is 16.6 Å². The van der Waals surface area contributed by atoms with Gasteiger partial charge in [0.1, 0.15) is 17.3 Å². The molecule has 0 aliphatic carbocycles. The summed E-state index contributed by atoms with van der Waals surface area (Å²) in [5.74, 6) is 1.76. The molecule has 4 aromatic rings. The van der Waals surface area contributed by atoms with Crippen LogP contribution < -0.4 is 20.3 Å². The Balaban J connectivity index is 1.84. The van der Waals surface area contributed by atoms with Crippen LogP contribution in [0.1, 0.15) is 57.8 Å². The molecule has 8 nitrogen and oxygen atoms in total. The van der Waals surface area contributed by atoms with E-state index in [2.05, 4.69) is 12.2 Å². The Morgan fingerprint density at radius 1 is 0.925 bits per heavy atom. The van der Waals surface area contributed by atoms with Crippen molar-refractivity contribution in [2.45, 2.75) is 52.0 Å². The Labute approximate surface area is 235 Å². The molecule has 0 bridgehead atoms. The molecule has 0 fully saturated rings. The first-order valence-electron chi connectivity index (χ1n) is 13.9.